The average Bonchev–Trinajstić information content (AvgIpc) is 2.41. The van der Waals surface area contributed by atoms with Gasteiger partial charge in [-0.15, -0.1) is 0 Å². The number of amides is 1. The van der Waals surface area contributed by atoms with Crippen molar-refractivity contribution in [2.45, 2.75) is 13.3 Å². The number of nitrogens with one attached hydrogen (secondary N) is 1. The summed E-state index contributed by atoms with van der Waals surface area (Å²) in [5.41, 5.74) is 1.16. The Hall–Kier alpha value is -1.27. The number of carbonyl (C=O) groups is 1. The number of hydrogen-bond donors (Lipinski definition) is 1. The van der Waals surface area contributed by atoms with Crippen LogP contribution in [0, 0.1) is 0 Å². The van der Waals surface area contributed by atoms with Gasteiger partial charge in [-0.1, -0.05) is 18.5 Å². The molecule has 118 valence electrons. The molecule has 1 N–H and O–H groups in total. The fourth-order valence-corrected chi connectivity index (χ4v) is 2.49. The third kappa shape index (κ3) is 5.93. The van der Waals surface area contributed by atoms with Crippen LogP contribution >= 0.6 is 11.6 Å². The van der Waals surface area contributed by atoms with Crippen LogP contribution in [0.2, 0.25) is 5.02 Å². The van der Waals surface area contributed by atoms with Crippen molar-refractivity contribution < 1.29 is 13.2 Å². The Morgan fingerprint density at radius 1 is 1.38 bits per heavy atom. The summed E-state index contributed by atoms with van der Waals surface area (Å²) in [5.74, 6) is -0.312. The van der Waals surface area contributed by atoms with Crippen molar-refractivity contribution in [1.29, 1.82) is 0 Å². The van der Waals surface area contributed by atoms with Gasteiger partial charge in [-0.3, -0.25) is 4.79 Å². The monoisotopic (exact) mass is 332 g/mol. The first kappa shape index (κ1) is 17.8. The lowest BCUT2D eigenvalue weighted by molar-refractivity contribution is 0.0804. The van der Waals surface area contributed by atoms with Gasteiger partial charge in [-0.05, 0) is 24.6 Å². The second-order valence-electron chi connectivity index (χ2n) is 4.97. The zero-order valence-electron chi connectivity index (χ0n) is 12.5. The number of sulfone groups is 1. The molecule has 0 aliphatic carbocycles. The molecule has 1 rings (SSSR count). The van der Waals surface area contributed by atoms with Gasteiger partial charge in [0.15, 0.2) is 0 Å². The third-order valence-electron chi connectivity index (χ3n) is 2.92. The molecule has 0 aliphatic rings. The van der Waals surface area contributed by atoms with Gasteiger partial charge in [0.25, 0.3) is 5.91 Å². The minimum Gasteiger partial charge on any atom is -0.384 e. The summed E-state index contributed by atoms with van der Waals surface area (Å²) in [5, 5.41) is 3.64. The minimum atomic E-state index is -3.10. The summed E-state index contributed by atoms with van der Waals surface area (Å²) in [6, 6.07) is 5.07. The van der Waals surface area contributed by atoms with Crippen molar-refractivity contribution >= 4 is 33.0 Å². The number of hydrogen-bond acceptors (Lipinski definition) is 4. The lowest BCUT2D eigenvalue weighted by atomic mass is 10.1. The van der Waals surface area contributed by atoms with E-state index in [9.17, 15) is 13.2 Å². The quantitative estimate of drug-likeness (QED) is 0.832. The van der Waals surface area contributed by atoms with Gasteiger partial charge in [0, 0.05) is 37.1 Å². The number of nitrogens with zero attached hydrogens (tertiary/aromatic N) is 1. The maximum atomic E-state index is 12.4. The molecule has 0 fully saturated rings. The predicted octanol–water partition coefficient (Wildman–Crippen LogP) is 2.28. The zero-order chi connectivity index (χ0) is 16.0. The van der Waals surface area contributed by atoms with E-state index in [2.05, 4.69) is 5.32 Å². The molecular weight excluding hydrogens is 312 g/mol. The Labute approximate surface area is 131 Å². The van der Waals surface area contributed by atoms with E-state index in [0.29, 0.717) is 16.3 Å². The first-order valence-corrected chi connectivity index (χ1v) is 9.15. The van der Waals surface area contributed by atoms with Gasteiger partial charge in [0.2, 0.25) is 0 Å². The molecule has 0 aliphatic heterocycles. The van der Waals surface area contributed by atoms with Crippen molar-refractivity contribution in [2.24, 2.45) is 0 Å². The highest BCUT2D eigenvalue weighted by Crippen LogP contribution is 2.22. The van der Waals surface area contributed by atoms with E-state index in [1.165, 1.54) is 4.90 Å². The molecule has 0 aromatic heterocycles. The van der Waals surface area contributed by atoms with Gasteiger partial charge in [0.1, 0.15) is 9.84 Å². The molecule has 0 saturated carbocycles. The highest BCUT2D eigenvalue weighted by atomic mass is 35.5. The smallest absolute Gasteiger partial charge is 0.255 e. The van der Waals surface area contributed by atoms with Crippen LogP contribution in [-0.4, -0.2) is 51.4 Å². The Morgan fingerprint density at radius 2 is 2.05 bits per heavy atom. The first-order valence-electron chi connectivity index (χ1n) is 6.71. The van der Waals surface area contributed by atoms with E-state index in [0.717, 1.165) is 19.2 Å². The zero-order valence-corrected chi connectivity index (χ0v) is 14.1. The fraction of sp³-hybridized carbons (Fsp3) is 0.500. The van der Waals surface area contributed by atoms with Crippen LogP contribution in [0.5, 0.6) is 0 Å². The Morgan fingerprint density at radius 3 is 2.62 bits per heavy atom. The maximum Gasteiger partial charge on any atom is 0.255 e. The summed E-state index contributed by atoms with van der Waals surface area (Å²) in [7, 11) is -1.52. The fourth-order valence-electron chi connectivity index (χ4n) is 1.72. The summed E-state index contributed by atoms with van der Waals surface area (Å²) in [6.45, 7) is 2.93. The predicted molar refractivity (Wildman–Crippen MR) is 86.9 cm³/mol. The van der Waals surface area contributed by atoms with E-state index in [1.807, 2.05) is 6.92 Å². The minimum absolute atomic E-state index is 0.0620. The summed E-state index contributed by atoms with van der Waals surface area (Å²) in [4.78, 5) is 13.8. The molecule has 0 radical (unpaired) electrons. The molecule has 1 amide bonds. The summed E-state index contributed by atoms with van der Waals surface area (Å²) >= 11 is 5.95. The molecule has 0 unspecified atom stereocenters. The van der Waals surface area contributed by atoms with Crippen molar-refractivity contribution in [1.82, 2.24) is 4.90 Å². The van der Waals surface area contributed by atoms with Gasteiger partial charge < -0.3 is 10.2 Å². The van der Waals surface area contributed by atoms with Crippen LogP contribution in [0.4, 0.5) is 5.69 Å². The second-order valence-corrected chi connectivity index (χ2v) is 7.67. The number of halogens is 1. The van der Waals surface area contributed by atoms with E-state index in [1.54, 1.807) is 25.2 Å². The number of rotatable bonds is 7. The van der Waals surface area contributed by atoms with E-state index in [4.69, 9.17) is 11.6 Å². The Kier molecular flexibility index (Phi) is 6.48. The normalized spacial score (nSPS) is 11.2. The van der Waals surface area contributed by atoms with Gasteiger partial charge in [0.05, 0.1) is 11.3 Å². The molecule has 0 spiro atoms. The highest BCUT2D eigenvalue weighted by molar-refractivity contribution is 7.90. The van der Waals surface area contributed by atoms with E-state index in [-0.39, 0.29) is 18.2 Å². The maximum absolute atomic E-state index is 12.4. The molecule has 0 atom stereocenters. The molecule has 7 heteroatoms. The lowest BCUT2D eigenvalue weighted by Crippen LogP contribution is -2.32. The SMILES string of the molecule is CCCNc1ccc(Cl)cc1C(=O)N(C)CCS(C)(=O)=O. The Bertz CT molecular complexity index is 602. The third-order valence-corrected chi connectivity index (χ3v) is 4.08. The van der Waals surface area contributed by atoms with Crippen LogP contribution in [0.1, 0.15) is 23.7 Å². The molecule has 5 nitrogen and oxygen atoms in total. The molecule has 0 bridgehead atoms. The molecule has 0 heterocycles. The number of anilines is 1. The Balaban J connectivity index is 2.91. The molecule has 1 aromatic rings. The number of benzene rings is 1. The molecule has 1 aromatic carbocycles. The first-order chi connectivity index (χ1) is 9.74. The largest absolute Gasteiger partial charge is 0.384 e. The summed E-state index contributed by atoms with van der Waals surface area (Å²) < 4.78 is 22.4. The van der Waals surface area contributed by atoms with Crippen LogP contribution in [0.15, 0.2) is 18.2 Å². The van der Waals surface area contributed by atoms with Crippen molar-refractivity contribution in [3.8, 4) is 0 Å². The van der Waals surface area contributed by atoms with Gasteiger partial charge in [-0.25, -0.2) is 8.42 Å². The second kappa shape index (κ2) is 7.66. The lowest BCUT2D eigenvalue weighted by Gasteiger charge is -2.19. The van der Waals surface area contributed by atoms with Crippen molar-refractivity contribution in [2.75, 3.05) is 37.5 Å². The van der Waals surface area contributed by atoms with Crippen LogP contribution in [0.25, 0.3) is 0 Å². The van der Waals surface area contributed by atoms with Gasteiger partial charge >= 0.3 is 0 Å². The molecular formula is C14H21ClN2O3S. The molecule has 21 heavy (non-hydrogen) atoms. The average molecular weight is 333 g/mol. The molecule has 0 saturated heterocycles. The standard InChI is InChI=1S/C14H21ClN2O3S/c1-4-7-16-13-6-5-11(15)10-12(13)14(18)17(2)8-9-21(3,19)20/h5-6,10,16H,4,7-9H2,1-3H3. The van der Waals surface area contributed by atoms with Crippen LogP contribution in [-0.2, 0) is 9.84 Å². The highest BCUT2D eigenvalue weighted by Gasteiger charge is 2.17. The van der Waals surface area contributed by atoms with Crippen molar-refractivity contribution in [3.05, 3.63) is 28.8 Å². The summed E-state index contributed by atoms with van der Waals surface area (Å²) in [6.07, 6.45) is 2.08. The van der Waals surface area contributed by atoms with E-state index >= 15 is 0 Å². The van der Waals surface area contributed by atoms with Crippen LogP contribution < -0.4 is 5.32 Å². The van der Waals surface area contributed by atoms with Crippen molar-refractivity contribution in [3.63, 3.8) is 0 Å². The number of carbonyl (C=O) groups excluding carboxylic acids is 1. The topological polar surface area (TPSA) is 66.5 Å². The van der Waals surface area contributed by atoms with E-state index < -0.39 is 9.84 Å². The van der Waals surface area contributed by atoms with Crippen LogP contribution in [0.3, 0.4) is 0 Å². The van der Waals surface area contributed by atoms with Gasteiger partial charge in [-0.2, -0.15) is 0 Å².